The highest BCUT2D eigenvalue weighted by molar-refractivity contribution is 6.03. The van der Waals surface area contributed by atoms with Crippen LogP contribution in [0.3, 0.4) is 0 Å². The van der Waals surface area contributed by atoms with Gasteiger partial charge in [0.15, 0.2) is 0 Å². The molecule has 2 aliphatic rings. The van der Waals surface area contributed by atoms with Crippen LogP contribution in [-0.2, 0) is 13.0 Å². The summed E-state index contributed by atoms with van der Waals surface area (Å²) in [5, 5.41) is 3.34. The Morgan fingerprint density at radius 2 is 1.69 bits per heavy atom. The average Bonchev–Trinajstić information content (AvgIpc) is 3.25. The number of rotatable bonds is 5. The van der Waals surface area contributed by atoms with Gasteiger partial charge in [-0.25, -0.2) is 0 Å². The number of hydrogen-bond donors (Lipinski definition) is 2. The van der Waals surface area contributed by atoms with Crippen LogP contribution in [-0.4, -0.2) is 25.3 Å². The number of nitrogens with two attached hydrogens (primary N) is 1. The fourth-order valence-corrected chi connectivity index (χ4v) is 4.75. The first-order chi connectivity index (χ1) is 16.8. The van der Waals surface area contributed by atoms with Gasteiger partial charge in [0.1, 0.15) is 11.6 Å². The van der Waals surface area contributed by atoms with E-state index in [-0.39, 0.29) is 5.75 Å². The van der Waals surface area contributed by atoms with Gasteiger partial charge < -0.3 is 20.7 Å². The van der Waals surface area contributed by atoms with Crippen LogP contribution in [0.5, 0.6) is 5.75 Å². The van der Waals surface area contributed by atoms with E-state index in [2.05, 4.69) is 39.2 Å². The summed E-state index contributed by atoms with van der Waals surface area (Å²) in [6, 6.07) is 20.7. The molecule has 0 unspecified atom stereocenters. The van der Waals surface area contributed by atoms with Gasteiger partial charge in [0.05, 0.1) is 6.54 Å². The summed E-state index contributed by atoms with van der Waals surface area (Å²) in [6.45, 7) is 2.42. The highest BCUT2D eigenvalue weighted by Gasteiger charge is 2.31. The number of hydrogen-bond acceptors (Lipinski definition) is 4. The van der Waals surface area contributed by atoms with Crippen LogP contribution in [0, 0.1) is 0 Å². The number of fused-ring (bicyclic) bond motifs is 1. The SMILES string of the molecule is Nc1ccc2c(c1)NC(=NCc1ccc(N3CCC(c4ccc(OC(F)(F)F)cc4)CC3)cc1)C2. The van der Waals surface area contributed by atoms with Gasteiger partial charge in [-0.2, -0.15) is 0 Å². The van der Waals surface area contributed by atoms with Gasteiger partial charge in [0, 0.05) is 36.6 Å². The molecular weight excluding hydrogens is 453 g/mol. The first-order valence-electron chi connectivity index (χ1n) is 11.7. The maximum absolute atomic E-state index is 12.4. The second-order valence-corrected chi connectivity index (χ2v) is 9.03. The Morgan fingerprint density at radius 1 is 0.971 bits per heavy atom. The molecular formula is C27H27F3N4O. The van der Waals surface area contributed by atoms with E-state index in [1.165, 1.54) is 23.4 Å². The third-order valence-corrected chi connectivity index (χ3v) is 6.60. The zero-order chi connectivity index (χ0) is 24.4. The number of nitrogens with zero attached hydrogens (tertiary/aromatic N) is 2. The molecule has 5 nitrogen and oxygen atoms in total. The van der Waals surface area contributed by atoms with E-state index in [0.717, 1.165) is 60.7 Å². The van der Waals surface area contributed by atoms with Crippen molar-refractivity contribution < 1.29 is 17.9 Å². The number of halogens is 3. The van der Waals surface area contributed by atoms with Crippen LogP contribution >= 0.6 is 0 Å². The van der Waals surface area contributed by atoms with Gasteiger partial charge in [-0.3, -0.25) is 4.99 Å². The summed E-state index contributed by atoms with van der Waals surface area (Å²) in [7, 11) is 0. The van der Waals surface area contributed by atoms with Crippen LogP contribution in [0.2, 0.25) is 0 Å². The molecule has 182 valence electrons. The summed E-state index contributed by atoms with van der Waals surface area (Å²) in [4.78, 5) is 7.08. The normalized spacial score (nSPS) is 17.3. The van der Waals surface area contributed by atoms with Crippen LogP contribution in [0.25, 0.3) is 0 Å². The number of nitrogen functional groups attached to an aromatic ring is 1. The molecule has 3 aromatic rings. The summed E-state index contributed by atoms with van der Waals surface area (Å²) >= 11 is 0. The zero-order valence-electron chi connectivity index (χ0n) is 19.2. The molecule has 0 atom stereocenters. The first kappa shape index (κ1) is 23.1. The summed E-state index contributed by atoms with van der Waals surface area (Å²) in [6.07, 6.45) is -1.97. The topological polar surface area (TPSA) is 62.9 Å². The van der Waals surface area contributed by atoms with Crippen LogP contribution < -0.4 is 20.7 Å². The fraction of sp³-hybridized carbons (Fsp3) is 0.296. The van der Waals surface area contributed by atoms with E-state index in [0.29, 0.717) is 12.5 Å². The highest BCUT2D eigenvalue weighted by atomic mass is 19.4. The van der Waals surface area contributed by atoms with Gasteiger partial charge in [0.25, 0.3) is 0 Å². The van der Waals surface area contributed by atoms with Crippen LogP contribution in [0.15, 0.2) is 71.7 Å². The molecule has 2 aliphatic heterocycles. The smallest absolute Gasteiger partial charge is 0.406 e. The van der Waals surface area contributed by atoms with E-state index < -0.39 is 6.36 Å². The van der Waals surface area contributed by atoms with Crippen molar-refractivity contribution in [3.8, 4) is 5.75 Å². The van der Waals surface area contributed by atoms with Gasteiger partial charge in [-0.05, 0) is 71.8 Å². The number of amidine groups is 1. The Morgan fingerprint density at radius 3 is 2.37 bits per heavy atom. The van der Waals surface area contributed by atoms with Gasteiger partial charge in [-0.15, -0.1) is 13.2 Å². The molecule has 1 saturated heterocycles. The van der Waals surface area contributed by atoms with Gasteiger partial charge >= 0.3 is 6.36 Å². The minimum atomic E-state index is -4.66. The van der Waals surface area contributed by atoms with E-state index >= 15 is 0 Å². The number of ether oxygens (including phenoxy) is 1. The van der Waals surface area contributed by atoms with Crippen molar-refractivity contribution in [2.75, 3.05) is 29.0 Å². The largest absolute Gasteiger partial charge is 0.573 e. The third-order valence-electron chi connectivity index (χ3n) is 6.60. The number of anilines is 3. The predicted molar refractivity (Wildman–Crippen MR) is 133 cm³/mol. The van der Waals surface area contributed by atoms with Gasteiger partial charge in [-0.1, -0.05) is 30.3 Å². The Balaban J connectivity index is 1.13. The molecule has 0 saturated carbocycles. The molecule has 2 heterocycles. The molecule has 5 rings (SSSR count). The van der Waals surface area contributed by atoms with Gasteiger partial charge in [0.2, 0.25) is 0 Å². The quantitative estimate of drug-likeness (QED) is 0.432. The Kier molecular flexibility index (Phi) is 6.28. The van der Waals surface area contributed by atoms with E-state index in [9.17, 15) is 13.2 Å². The number of piperidine rings is 1. The van der Waals surface area contributed by atoms with Crippen molar-refractivity contribution >= 4 is 22.9 Å². The molecule has 0 radical (unpaired) electrons. The fourth-order valence-electron chi connectivity index (χ4n) is 4.75. The minimum Gasteiger partial charge on any atom is -0.406 e. The Bertz CT molecular complexity index is 1200. The predicted octanol–water partition coefficient (Wildman–Crippen LogP) is 6.12. The average molecular weight is 481 g/mol. The lowest BCUT2D eigenvalue weighted by Gasteiger charge is -2.34. The maximum atomic E-state index is 12.4. The Labute approximate surface area is 202 Å². The number of alkyl halides is 3. The number of benzene rings is 3. The van der Waals surface area contributed by atoms with Crippen molar-refractivity contribution in [1.82, 2.24) is 0 Å². The molecule has 3 N–H and O–H groups in total. The van der Waals surface area contributed by atoms with Crippen molar-refractivity contribution in [1.29, 1.82) is 0 Å². The molecule has 3 aromatic carbocycles. The number of nitrogens with one attached hydrogen (secondary N) is 1. The first-order valence-corrected chi connectivity index (χ1v) is 11.7. The standard InChI is InChI=1S/C27H27F3N4O/c28-27(29,30)35-24-9-4-19(5-10-24)20-11-13-34(14-12-20)23-7-1-18(2-8-23)17-32-26-15-21-3-6-22(31)16-25(21)33-26/h1-10,16,20H,11-15,17,31H2,(H,32,33). The summed E-state index contributed by atoms with van der Waals surface area (Å²) < 4.78 is 41.1. The lowest BCUT2D eigenvalue weighted by Crippen LogP contribution is -2.32. The van der Waals surface area contributed by atoms with Crippen molar-refractivity contribution in [3.63, 3.8) is 0 Å². The second-order valence-electron chi connectivity index (χ2n) is 9.03. The molecule has 0 aliphatic carbocycles. The summed E-state index contributed by atoms with van der Waals surface area (Å²) in [5.74, 6) is 1.11. The van der Waals surface area contributed by atoms with Crippen molar-refractivity contribution in [2.45, 2.75) is 38.1 Å². The highest BCUT2D eigenvalue weighted by Crippen LogP contribution is 2.32. The van der Waals surface area contributed by atoms with E-state index in [1.54, 1.807) is 12.1 Å². The Hall–Kier alpha value is -3.68. The van der Waals surface area contributed by atoms with Crippen LogP contribution in [0.1, 0.15) is 35.4 Å². The molecule has 0 spiro atoms. The lowest BCUT2D eigenvalue weighted by molar-refractivity contribution is -0.274. The third kappa shape index (κ3) is 5.70. The molecule has 0 bridgehead atoms. The van der Waals surface area contributed by atoms with Crippen molar-refractivity contribution in [2.24, 2.45) is 4.99 Å². The molecule has 35 heavy (non-hydrogen) atoms. The minimum absolute atomic E-state index is 0.179. The van der Waals surface area contributed by atoms with E-state index in [1.807, 2.05) is 18.2 Å². The molecule has 8 heteroatoms. The second kappa shape index (κ2) is 9.52. The molecule has 1 fully saturated rings. The monoisotopic (exact) mass is 480 g/mol. The summed E-state index contributed by atoms with van der Waals surface area (Å²) in [5.41, 5.74) is 12.2. The zero-order valence-corrected chi connectivity index (χ0v) is 19.2. The lowest BCUT2D eigenvalue weighted by atomic mass is 9.89. The van der Waals surface area contributed by atoms with Crippen molar-refractivity contribution in [3.05, 3.63) is 83.4 Å². The molecule has 0 aromatic heterocycles. The van der Waals surface area contributed by atoms with Crippen LogP contribution in [0.4, 0.5) is 30.2 Å². The molecule has 0 amide bonds. The van der Waals surface area contributed by atoms with E-state index in [4.69, 9.17) is 10.7 Å². The maximum Gasteiger partial charge on any atom is 0.573 e. The number of aliphatic imine (C=N–C) groups is 1.